The second-order valence-corrected chi connectivity index (χ2v) is 7.17. The van der Waals surface area contributed by atoms with Crippen LogP contribution in [0.1, 0.15) is 44.1 Å². The van der Waals surface area contributed by atoms with Gasteiger partial charge in [0.15, 0.2) is 0 Å². The van der Waals surface area contributed by atoms with E-state index in [1.54, 1.807) is 17.3 Å². The predicted molar refractivity (Wildman–Crippen MR) is 99.6 cm³/mol. The Balaban J connectivity index is 1.56. The van der Waals surface area contributed by atoms with Gasteiger partial charge in [0.05, 0.1) is 0 Å². The quantitative estimate of drug-likeness (QED) is 0.477. The molecule has 118 valence electrons. The van der Waals surface area contributed by atoms with E-state index in [4.69, 9.17) is 5.41 Å². The topological polar surface area (TPSA) is 23.9 Å². The largest absolute Gasteiger partial charge is 0.305 e. The molecule has 2 aromatic rings. The summed E-state index contributed by atoms with van der Waals surface area (Å²) >= 11 is 1.76. The van der Waals surface area contributed by atoms with E-state index in [2.05, 4.69) is 54.6 Å². The zero-order chi connectivity index (χ0) is 15.9. The third kappa shape index (κ3) is 4.84. The maximum atomic E-state index is 8.31. The summed E-state index contributed by atoms with van der Waals surface area (Å²) in [7, 11) is 0. The Labute approximate surface area is 143 Å². The first-order valence-corrected chi connectivity index (χ1v) is 9.21. The normalized spacial score (nSPS) is 14.3. The molecular weight excluding hydrogens is 298 g/mol. The third-order valence-corrected chi connectivity index (χ3v) is 5.28. The summed E-state index contributed by atoms with van der Waals surface area (Å²) in [6.45, 7) is 0. The highest BCUT2D eigenvalue weighted by Gasteiger charge is 2.07. The standard InChI is InChI=1S/C21H23NS/c22-21(16-11-17-7-3-1-4-8-17)18-12-14-20(15-13-18)23-19-9-5-2-6-10-19/h2,5-7,9-10,12-15,22H,1,3-4,8,11,16H2. The average molecular weight is 321 g/mol. The van der Waals surface area contributed by atoms with E-state index in [9.17, 15) is 0 Å². The Morgan fingerprint density at radius 3 is 2.35 bits per heavy atom. The zero-order valence-corrected chi connectivity index (χ0v) is 14.2. The number of nitrogens with one attached hydrogen (secondary N) is 1. The van der Waals surface area contributed by atoms with Crippen molar-refractivity contribution in [2.24, 2.45) is 0 Å². The Hall–Kier alpha value is -1.80. The molecule has 0 radical (unpaired) electrons. The molecule has 3 rings (SSSR count). The zero-order valence-electron chi connectivity index (χ0n) is 13.4. The monoisotopic (exact) mass is 321 g/mol. The Morgan fingerprint density at radius 1 is 0.913 bits per heavy atom. The molecule has 0 atom stereocenters. The molecule has 0 unspecified atom stereocenters. The first-order chi connectivity index (χ1) is 11.3. The molecule has 1 aliphatic carbocycles. The first-order valence-electron chi connectivity index (χ1n) is 8.40. The van der Waals surface area contributed by atoms with Gasteiger partial charge in [-0.2, -0.15) is 0 Å². The fourth-order valence-corrected chi connectivity index (χ4v) is 3.75. The molecule has 23 heavy (non-hydrogen) atoms. The van der Waals surface area contributed by atoms with Crippen LogP contribution < -0.4 is 0 Å². The van der Waals surface area contributed by atoms with Crippen LogP contribution in [0.5, 0.6) is 0 Å². The molecule has 0 aromatic heterocycles. The lowest BCUT2D eigenvalue weighted by Gasteiger charge is -2.13. The summed E-state index contributed by atoms with van der Waals surface area (Å²) in [6.07, 6.45) is 9.42. The third-order valence-electron chi connectivity index (χ3n) is 4.26. The maximum Gasteiger partial charge on any atom is 0.0389 e. The summed E-state index contributed by atoms with van der Waals surface area (Å²) < 4.78 is 0. The maximum absolute atomic E-state index is 8.31. The van der Waals surface area contributed by atoms with Crippen molar-refractivity contribution >= 4 is 17.5 Å². The summed E-state index contributed by atoms with van der Waals surface area (Å²) in [6, 6.07) is 18.8. The van der Waals surface area contributed by atoms with Gasteiger partial charge in [-0.3, -0.25) is 0 Å². The van der Waals surface area contributed by atoms with Gasteiger partial charge < -0.3 is 5.41 Å². The van der Waals surface area contributed by atoms with Gasteiger partial charge in [-0.05, 0) is 68.4 Å². The molecule has 0 spiro atoms. The number of benzene rings is 2. The minimum Gasteiger partial charge on any atom is -0.305 e. The van der Waals surface area contributed by atoms with Gasteiger partial charge in [0, 0.05) is 15.5 Å². The summed E-state index contributed by atoms with van der Waals surface area (Å²) in [4.78, 5) is 2.47. The average Bonchev–Trinajstić information content (AvgIpc) is 2.62. The molecule has 0 bridgehead atoms. The first kappa shape index (κ1) is 16.1. The van der Waals surface area contributed by atoms with Crippen molar-refractivity contribution in [2.45, 2.75) is 48.3 Å². The number of allylic oxidation sites excluding steroid dienone is 2. The molecule has 1 nitrogen and oxygen atoms in total. The lowest BCUT2D eigenvalue weighted by Crippen LogP contribution is -2.01. The molecule has 2 heteroatoms. The second kappa shape index (κ2) is 8.16. The van der Waals surface area contributed by atoms with Crippen molar-refractivity contribution < 1.29 is 0 Å². The van der Waals surface area contributed by atoms with E-state index < -0.39 is 0 Å². The Kier molecular flexibility index (Phi) is 5.71. The highest BCUT2D eigenvalue weighted by molar-refractivity contribution is 7.99. The van der Waals surface area contributed by atoms with Gasteiger partial charge in [0.2, 0.25) is 0 Å². The van der Waals surface area contributed by atoms with E-state index >= 15 is 0 Å². The second-order valence-electron chi connectivity index (χ2n) is 6.03. The highest BCUT2D eigenvalue weighted by Crippen LogP contribution is 2.28. The summed E-state index contributed by atoms with van der Waals surface area (Å²) in [5.74, 6) is 0. The lowest BCUT2D eigenvalue weighted by molar-refractivity contribution is 0.678. The van der Waals surface area contributed by atoms with Gasteiger partial charge in [-0.25, -0.2) is 0 Å². The molecular formula is C21H23NS. The van der Waals surface area contributed by atoms with E-state index in [-0.39, 0.29) is 0 Å². The predicted octanol–water partition coefficient (Wildman–Crippen LogP) is 6.49. The van der Waals surface area contributed by atoms with Crippen LogP contribution in [0.2, 0.25) is 0 Å². The van der Waals surface area contributed by atoms with E-state index in [0.29, 0.717) is 0 Å². The lowest BCUT2D eigenvalue weighted by atomic mass is 9.94. The Bertz CT molecular complexity index is 671. The molecule has 0 saturated carbocycles. The van der Waals surface area contributed by atoms with Crippen molar-refractivity contribution in [3.05, 3.63) is 71.8 Å². The number of hydrogen-bond donors (Lipinski definition) is 1. The van der Waals surface area contributed by atoms with Crippen molar-refractivity contribution in [3.8, 4) is 0 Å². The van der Waals surface area contributed by atoms with Crippen LogP contribution in [0.15, 0.2) is 76.0 Å². The molecule has 2 aromatic carbocycles. The fourth-order valence-electron chi connectivity index (χ4n) is 2.91. The van der Waals surface area contributed by atoms with Crippen molar-refractivity contribution in [1.82, 2.24) is 0 Å². The number of hydrogen-bond acceptors (Lipinski definition) is 2. The molecule has 1 aliphatic rings. The van der Waals surface area contributed by atoms with Gasteiger partial charge in [-0.1, -0.05) is 53.7 Å². The summed E-state index contributed by atoms with van der Waals surface area (Å²) in [5, 5.41) is 8.31. The molecule has 1 N–H and O–H groups in total. The van der Waals surface area contributed by atoms with E-state index in [1.807, 2.05) is 6.07 Å². The molecule has 0 saturated heterocycles. The van der Waals surface area contributed by atoms with Crippen LogP contribution in [-0.4, -0.2) is 5.71 Å². The fraction of sp³-hybridized carbons (Fsp3) is 0.286. The SMILES string of the molecule is N=C(CCC1=CCCCC1)c1ccc(Sc2ccccc2)cc1. The molecule has 0 aliphatic heterocycles. The van der Waals surface area contributed by atoms with E-state index in [0.717, 1.165) is 24.1 Å². The smallest absolute Gasteiger partial charge is 0.0389 e. The molecule has 0 heterocycles. The van der Waals surface area contributed by atoms with Gasteiger partial charge >= 0.3 is 0 Å². The summed E-state index contributed by atoms with van der Waals surface area (Å²) in [5.41, 5.74) is 3.36. The van der Waals surface area contributed by atoms with Crippen molar-refractivity contribution in [1.29, 1.82) is 5.41 Å². The minimum atomic E-state index is 0.757. The van der Waals surface area contributed by atoms with Gasteiger partial charge in [0.25, 0.3) is 0 Å². The van der Waals surface area contributed by atoms with Gasteiger partial charge in [-0.15, -0.1) is 0 Å². The van der Waals surface area contributed by atoms with E-state index in [1.165, 1.54) is 35.5 Å². The van der Waals surface area contributed by atoms with Crippen LogP contribution in [0.4, 0.5) is 0 Å². The van der Waals surface area contributed by atoms with Crippen LogP contribution in [0, 0.1) is 5.41 Å². The van der Waals surface area contributed by atoms with Crippen molar-refractivity contribution in [2.75, 3.05) is 0 Å². The Morgan fingerprint density at radius 2 is 1.65 bits per heavy atom. The van der Waals surface area contributed by atoms with Crippen molar-refractivity contribution in [3.63, 3.8) is 0 Å². The molecule has 0 amide bonds. The van der Waals surface area contributed by atoms with Crippen LogP contribution >= 0.6 is 11.8 Å². The number of rotatable bonds is 6. The molecule has 0 fully saturated rings. The van der Waals surface area contributed by atoms with Gasteiger partial charge in [0.1, 0.15) is 0 Å². The van der Waals surface area contributed by atoms with Crippen LogP contribution in [0.3, 0.4) is 0 Å². The van der Waals surface area contributed by atoms with Crippen LogP contribution in [0.25, 0.3) is 0 Å². The highest BCUT2D eigenvalue weighted by atomic mass is 32.2. The van der Waals surface area contributed by atoms with Crippen LogP contribution in [-0.2, 0) is 0 Å². The minimum absolute atomic E-state index is 0.757.